The maximum absolute atomic E-state index is 11.5. The molecule has 0 aliphatic carbocycles. The summed E-state index contributed by atoms with van der Waals surface area (Å²) >= 11 is 0. The molecule has 110 valence electrons. The van der Waals surface area contributed by atoms with Gasteiger partial charge in [0.15, 0.2) is 0 Å². The minimum absolute atomic E-state index is 0.0552. The molecule has 1 aliphatic rings. The Morgan fingerprint density at radius 2 is 1.86 bits per heavy atom. The van der Waals surface area contributed by atoms with E-state index in [1.54, 1.807) is 0 Å². The molecule has 2 aromatic carbocycles. The molecule has 0 N–H and O–H groups in total. The van der Waals surface area contributed by atoms with Crippen molar-refractivity contribution < 1.29 is 9.53 Å². The molecule has 2 aromatic rings. The Labute approximate surface area is 125 Å². The van der Waals surface area contributed by atoms with E-state index in [4.69, 9.17) is 4.74 Å². The second-order valence-electron chi connectivity index (χ2n) is 5.76. The van der Waals surface area contributed by atoms with Gasteiger partial charge in [0.05, 0.1) is 13.0 Å². The standard InChI is InChI=1S/C18H21NO2/c1-21-18(20)16-8-10-19(11-9-16)13-14-6-7-15-4-2-3-5-17(15)12-14/h2-7,12,16H,8-11,13H2,1H3. The average molecular weight is 283 g/mol. The van der Waals surface area contributed by atoms with Crippen molar-refractivity contribution in [3.63, 3.8) is 0 Å². The van der Waals surface area contributed by atoms with Crippen molar-refractivity contribution in [3.05, 3.63) is 48.0 Å². The van der Waals surface area contributed by atoms with E-state index in [0.29, 0.717) is 0 Å². The van der Waals surface area contributed by atoms with Gasteiger partial charge in [0.1, 0.15) is 0 Å². The Balaban J connectivity index is 1.63. The normalized spacial score (nSPS) is 17.0. The Hall–Kier alpha value is -1.87. The lowest BCUT2D eigenvalue weighted by Crippen LogP contribution is -2.36. The van der Waals surface area contributed by atoms with Crippen molar-refractivity contribution in [1.82, 2.24) is 4.90 Å². The van der Waals surface area contributed by atoms with E-state index in [2.05, 4.69) is 47.4 Å². The second-order valence-corrected chi connectivity index (χ2v) is 5.76. The van der Waals surface area contributed by atoms with Crippen molar-refractivity contribution in [1.29, 1.82) is 0 Å². The first-order valence-corrected chi connectivity index (χ1v) is 7.54. The number of fused-ring (bicyclic) bond motifs is 1. The van der Waals surface area contributed by atoms with Crippen molar-refractivity contribution in [2.75, 3.05) is 20.2 Å². The number of carbonyl (C=O) groups is 1. The van der Waals surface area contributed by atoms with Gasteiger partial charge in [-0.3, -0.25) is 9.69 Å². The van der Waals surface area contributed by atoms with Crippen LogP contribution in [-0.2, 0) is 16.1 Å². The molecule has 0 atom stereocenters. The summed E-state index contributed by atoms with van der Waals surface area (Å²) in [7, 11) is 1.48. The molecule has 1 aliphatic heterocycles. The topological polar surface area (TPSA) is 29.5 Å². The predicted molar refractivity (Wildman–Crippen MR) is 84.0 cm³/mol. The highest BCUT2D eigenvalue weighted by atomic mass is 16.5. The number of piperidine rings is 1. The molecule has 0 aromatic heterocycles. The first-order valence-electron chi connectivity index (χ1n) is 7.54. The number of esters is 1. The van der Waals surface area contributed by atoms with Crippen LogP contribution in [0.25, 0.3) is 10.8 Å². The highest BCUT2D eigenvalue weighted by molar-refractivity contribution is 5.82. The van der Waals surface area contributed by atoms with Crippen molar-refractivity contribution in [2.45, 2.75) is 19.4 Å². The van der Waals surface area contributed by atoms with Crippen LogP contribution in [0.3, 0.4) is 0 Å². The van der Waals surface area contributed by atoms with E-state index in [-0.39, 0.29) is 11.9 Å². The molecular weight excluding hydrogens is 262 g/mol. The lowest BCUT2D eigenvalue weighted by atomic mass is 9.96. The molecule has 0 spiro atoms. The van der Waals surface area contributed by atoms with Gasteiger partial charge < -0.3 is 4.74 Å². The van der Waals surface area contributed by atoms with Crippen LogP contribution < -0.4 is 0 Å². The monoisotopic (exact) mass is 283 g/mol. The highest BCUT2D eigenvalue weighted by Gasteiger charge is 2.25. The fraction of sp³-hybridized carbons (Fsp3) is 0.389. The number of nitrogens with zero attached hydrogens (tertiary/aromatic N) is 1. The van der Waals surface area contributed by atoms with Gasteiger partial charge in [0, 0.05) is 6.54 Å². The number of likely N-dealkylation sites (tertiary alicyclic amines) is 1. The maximum atomic E-state index is 11.5. The van der Waals surface area contributed by atoms with Crippen LogP contribution >= 0.6 is 0 Å². The molecule has 0 bridgehead atoms. The van der Waals surface area contributed by atoms with Crippen molar-refractivity contribution >= 4 is 16.7 Å². The Kier molecular flexibility index (Phi) is 4.20. The third-order valence-electron chi connectivity index (χ3n) is 4.34. The van der Waals surface area contributed by atoms with Crippen molar-refractivity contribution in [2.24, 2.45) is 5.92 Å². The molecule has 3 nitrogen and oxygen atoms in total. The van der Waals surface area contributed by atoms with Gasteiger partial charge >= 0.3 is 5.97 Å². The highest BCUT2D eigenvalue weighted by Crippen LogP contribution is 2.22. The van der Waals surface area contributed by atoms with Gasteiger partial charge in [0.2, 0.25) is 0 Å². The molecule has 21 heavy (non-hydrogen) atoms. The Morgan fingerprint density at radius 3 is 2.57 bits per heavy atom. The number of hydrogen-bond acceptors (Lipinski definition) is 3. The fourth-order valence-electron chi connectivity index (χ4n) is 3.09. The SMILES string of the molecule is COC(=O)C1CCN(Cc2ccc3ccccc3c2)CC1. The summed E-state index contributed by atoms with van der Waals surface area (Å²) in [5, 5.41) is 2.57. The number of hydrogen-bond donors (Lipinski definition) is 0. The third-order valence-corrected chi connectivity index (χ3v) is 4.34. The molecule has 0 radical (unpaired) electrons. The van der Waals surface area contributed by atoms with Gasteiger partial charge in [0.25, 0.3) is 0 Å². The van der Waals surface area contributed by atoms with Gasteiger partial charge in [-0.15, -0.1) is 0 Å². The number of methoxy groups -OCH3 is 1. The van der Waals surface area contributed by atoms with E-state index in [0.717, 1.165) is 32.5 Å². The van der Waals surface area contributed by atoms with Crippen LogP contribution in [0.4, 0.5) is 0 Å². The second kappa shape index (κ2) is 6.27. The minimum Gasteiger partial charge on any atom is -0.469 e. The van der Waals surface area contributed by atoms with Crippen LogP contribution in [0.15, 0.2) is 42.5 Å². The minimum atomic E-state index is -0.0552. The largest absolute Gasteiger partial charge is 0.469 e. The van der Waals surface area contributed by atoms with Gasteiger partial charge in [-0.1, -0.05) is 36.4 Å². The van der Waals surface area contributed by atoms with E-state index in [9.17, 15) is 4.79 Å². The molecule has 3 rings (SSSR count). The molecule has 0 saturated carbocycles. The summed E-state index contributed by atoms with van der Waals surface area (Å²) in [6.07, 6.45) is 1.81. The first-order chi connectivity index (χ1) is 10.3. The smallest absolute Gasteiger partial charge is 0.308 e. The summed E-state index contributed by atoms with van der Waals surface area (Å²) in [6, 6.07) is 15.1. The Morgan fingerprint density at radius 1 is 1.14 bits per heavy atom. The number of carbonyl (C=O) groups excluding carboxylic acids is 1. The summed E-state index contributed by atoms with van der Waals surface area (Å²) in [5.41, 5.74) is 1.34. The quantitative estimate of drug-likeness (QED) is 0.810. The zero-order chi connectivity index (χ0) is 14.7. The van der Waals surface area contributed by atoms with E-state index >= 15 is 0 Å². The van der Waals surface area contributed by atoms with Crippen LogP contribution in [-0.4, -0.2) is 31.1 Å². The van der Waals surface area contributed by atoms with E-state index < -0.39 is 0 Å². The first kappa shape index (κ1) is 14.1. The van der Waals surface area contributed by atoms with Gasteiger partial charge in [-0.25, -0.2) is 0 Å². The van der Waals surface area contributed by atoms with Crippen molar-refractivity contribution in [3.8, 4) is 0 Å². The molecule has 1 heterocycles. The molecule has 1 fully saturated rings. The zero-order valence-corrected chi connectivity index (χ0v) is 12.4. The number of benzene rings is 2. The number of rotatable bonds is 3. The molecule has 1 saturated heterocycles. The van der Waals surface area contributed by atoms with Crippen LogP contribution in [0.2, 0.25) is 0 Å². The van der Waals surface area contributed by atoms with Crippen LogP contribution in [0.1, 0.15) is 18.4 Å². The van der Waals surface area contributed by atoms with Gasteiger partial charge in [-0.2, -0.15) is 0 Å². The maximum Gasteiger partial charge on any atom is 0.308 e. The predicted octanol–water partition coefficient (Wildman–Crippen LogP) is 3.22. The summed E-state index contributed by atoms with van der Waals surface area (Å²) in [4.78, 5) is 14.0. The van der Waals surface area contributed by atoms with Crippen LogP contribution in [0.5, 0.6) is 0 Å². The molecule has 0 amide bonds. The summed E-state index contributed by atoms with van der Waals surface area (Å²) in [5.74, 6) is 0.0307. The van der Waals surface area contributed by atoms with E-state index in [1.807, 2.05) is 0 Å². The fourth-order valence-corrected chi connectivity index (χ4v) is 3.09. The molecule has 0 unspecified atom stereocenters. The lowest BCUT2D eigenvalue weighted by Gasteiger charge is -2.30. The molecular formula is C18H21NO2. The Bertz CT molecular complexity index is 630. The average Bonchev–Trinajstić information content (AvgIpc) is 2.55. The van der Waals surface area contributed by atoms with Gasteiger partial charge in [-0.05, 0) is 48.3 Å². The summed E-state index contributed by atoms with van der Waals surface area (Å²) < 4.78 is 4.83. The zero-order valence-electron chi connectivity index (χ0n) is 12.4. The van der Waals surface area contributed by atoms with E-state index in [1.165, 1.54) is 23.4 Å². The summed E-state index contributed by atoms with van der Waals surface area (Å²) in [6.45, 7) is 2.89. The van der Waals surface area contributed by atoms with Crippen LogP contribution in [0, 0.1) is 5.92 Å². The third kappa shape index (κ3) is 3.24. The molecule has 3 heteroatoms. The lowest BCUT2D eigenvalue weighted by molar-refractivity contribution is -0.147. The number of ether oxygens (including phenoxy) is 1.